The number of rotatable bonds is 3. The highest BCUT2D eigenvalue weighted by Crippen LogP contribution is 2.46. The first-order valence-electron chi connectivity index (χ1n) is 7.22. The maximum atomic E-state index is 12.7. The smallest absolute Gasteiger partial charge is 0.303 e. The van der Waals surface area contributed by atoms with Gasteiger partial charge in [0.1, 0.15) is 0 Å². The van der Waals surface area contributed by atoms with Crippen LogP contribution in [0.3, 0.4) is 0 Å². The summed E-state index contributed by atoms with van der Waals surface area (Å²) in [5, 5.41) is 0. The summed E-state index contributed by atoms with van der Waals surface area (Å²) >= 11 is 0. The Labute approximate surface area is 126 Å². The van der Waals surface area contributed by atoms with Gasteiger partial charge in [-0.1, -0.05) is 49.8 Å². The van der Waals surface area contributed by atoms with Crippen LogP contribution >= 0.6 is 0 Å². The molecule has 3 nitrogen and oxygen atoms in total. The van der Waals surface area contributed by atoms with Crippen molar-refractivity contribution in [1.29, 1.82) is 0 Å². The summed E-state index contributed by atoms with van der Waals surface area (Å²) < 4.78 is 5.63. The van der Waals surface area contributed by atoms with E-state index in [1.807, 2.05) is 51.1 Å². The van der Waals surface area contributed by atoms with Crippen molar-refractivity contribution < 1.29 is 14.3 Å². The van der Waals surface area contributed by atoms with Crippen LogP contribution in [0.5, 0.6) is 0 Å². The predicted molar refractivity (Wildman–Crippen MR) is 81.8 cm³/mol. The van der Waals surface area contributed by atoms with Crippen molar-refractivity contribution in [2.24, 2.45) is 5.41 Å². The summed E-state index contributed by atoms with van der Waals surface area (Å²) in [6, 6.07) is 9.70. The molecule has 1 unspecified atom stereocenters. The number of benzene rings is 1. The molecule has 0 aromatic heterocycles. The summed E-state index contributed by atoms with van der Waals surface area (Å²) in [4.78, 5) is 24.4. The maximum absolute atomic E-state index is 12.7. The summed E-state index contributed by atoms with van der Waals surface area (Å²) in [5.74, 6) is -0.532. The summed E-state index contributed by atoms with van der Waals surface area (Å²) in [6.07, 6.45) is 2.76. The first kappa shape index (κ1) is 15.5. The van der Waals surface area contributed by atoms with Crippen LogP contribution in [0, 0.1) is 5.41 Å². The van der Waals surface area contributed by atoms with Gasteiger partial charge in [-0.25, -0.2) is 0 Å². The average Bonchev–Trinajstić information content (AvgIpc) is 2.35. The zero-order chi connectivity index (χ0) is 15.7. The van der Waals surface area contributed by atoms with E-state index < -0.39 is 17.0 Å². The molecule has 0 N–H and O–H groups in total. The summed E-state index contributed by atoms with van der Waals surface area (Å²) in [7, 11) is 0. The Kier molecular flexibility index (Phi) is 4.04. The monoisotopic (exact) mass is 286 g/mol. The van der Waals surface area contributed by atoms with Crippen molar-refractivity contribution >= 4 is 11.8 Å². The number of ketones is 1. The highest BCUT2D eigenvalue weighted by atomic mass is 16.6. The van der Waals surface area contributed by atoms with E-state index in [0.717, 1.165) is 17.6 Å². The van der Waals surface area contributed by atoms with Crippen LogP contribution in [-0.2, 0) is 20.7 Å². The average molecular weight is 286 g/mol. The lowest BCUT2D eigenvalue weighted by Crippen LogP contribution is -2.57. The molecule has 0 aliphatic heterocycles. The van der Waals surface area contributed by atoms with Gasteiger partial charge in [-0.2, -0.15) is 0 Å². The van der Waals surface area contributed by atoms with E-state index in [0.29, 0.717) is 6.42 Å². The van der Waals surface area contributed by atoms with Crippen LogP contribution in [0.25, 0.3) is 0 Å². The Morgan fingerprint density at radius 3 is 2.38 bits per heavy atom. The van der Waals surface area contributed by atoms with Gasteiger partial charge in [-0.05, 0) is 25.0 Å². The van der Waals surface area contributed by atoms with Crippen LogP contribution < -0.4 is 0 Å². The van der Waals surface area contributed by atoms with Crippen LogP contribution in [0.15, 0.2) is 42.0 Å². The number of carbonyl (C=O) groups excluding carboxylic acids is 2. The zero-order valence-corrected chi connectivity index (χ0v) is 13.1. The first-order chi connectivity index (χ1) is 9.77. The van der Waals surface area contributed by atoms with Crippen molar-refractivity contribution in [3.63, 3.8) is 0 Å². The molecule has 1 aromatic carbocycles. The second kappa shape index (κ2) is 5.47. The Hall–Kier alpha value is -1.90. The molecule has 0 saturated carbocycles. The molecule has 1 aromatic rings. The topological polar surface area (TPSA) is 43.4 Å². The lowest BCUT2D eigenvalue weighted by Gasteiger charge is -2.46. The van der Waals surface area contributed by atoms with E-state index in [2.05, 4.69) is 0 Å². The number of carbonyl (C=O) groups is 2. The molecule has 0 amide bonds. The van der Waals surface area contributed by atoms with Gasteiger partial charge >= 0.3 is 5.97 Å². The molecule has 1 aliphatic rings. The lowest BCUT2D eigenvalue weighted by molar-refractivity contribution is -0.179. The summed E-state index contributed by atoms with van der Waals surface area (Å²) in [6.45, 7) is 7.29. The van der Waals surface area contributed by atoms with Crippen molar-refractivity contribution in [1.82, 2.24) is 0 Å². The second-order valence-corrected chi connectivity index (χ2v) is 6.50. The van der Waals surface area contributed by atoms with Crippen molar-refractivity contribution in [3.05, 3.63) is 47.5 Å². The quantitative estimate of drug-likeness (QED) is 0.799. The molecule has 0 bridgehead atoms. The molecule has 0 radical (unpaired) electrons. The molecular formula is C18H22O3. The summed E-state index contributed by atoms with van der Waals surface area (Å²) in [5.41, 5.74) is 0.457. The molecule has 112 valence electrons. The Morgan fingerprint density at radius 1 is 1.24 bits per heavy atom. The van der Waals surface area contributed by atoms with Gasteiger partial charge in [-0.15, -0.1) is 0 Å². The molecule has 0 spiro atoms. The minimum atomic E-state index is -1.13. The zero-order valence-electron chi connectivity index (χ0n) is 13.1. The van der Waals surface area contributed by atoms with E-state index in [4.69, 9.17) is 4.74 Å². The van der Waals surface area contributed by atoms with Gasteiger partial charge in [0.05, 0.1) is 0 Å². The number of hydrogen-bond donors (Lipinski definition) is 0. The van der Waals surface area contributed by atoms with Crippen molar-refractivity contribution in [2.45, 2.75) is 46.1 Å². The fourth-order valence-corrected chi connectivity index (χ4v) is 3.24. The fourth-order valence-electron chi connectivity index (χ4n) is 3.24. The Balaban J connectivity index is 2.50. The van der Waals surface area contributed by atoms with Crippen molar-refractivity contribution in [2.75, 3.05) is 0 Å². The van der Waals surface area contributed by atoms with Gasteiger partial charge in [0.15, 0.2) is 11.4 Å². The molecule has 2 rings (SSSR count). The van der Waals surface area contributed by atoms with Crippen molar-refractivity contribution in [3.8, 4) is 0 Å². The normalized spacial score (nSPS) is 24.4. The van der Waals surface area contributed by atoms with Crippen LogP contribution in [0.2, 0.25) is 0 Å². The lowest BCUT2D eigenvalue weighted by atomic mass is 9.63. The van der Waals surface area contributed by atoms with Gasteiger partial charge in [0.2, 0.25) is 0 Å². The van der Waals surface area contributed by atoms with Gasteiger partial charge in [-0.3, -0.25) is 9.59 Å². The number of esters is 1. The third-order valence-corrected chi connectivity index (χ3v) is 4.20. The minimum absolute atomic E-state index is 0.115. The van der Waals surface area contributed by atoms with Crippen LogP contribution in [0.4, 0.5) is 0 Å². The number of hydrogen-bond acceptors (Lipinski definition) is 3. The molecule has 0 fully saturated rings. The third kappa shape index (κ3) is 2.92. The van der Waals surface area contributed by atoms with E-state index >= 15 is 0 Å². The Bertz CT molecular complexity index is 584. The number of ether oxygens (including phenoxy) is 1. The molecule has 1 atom stereocenters. The largest absolute Gasteiger partial charge is 0.450 e. The van der Waals surface area contributed by atoms with E-state index in [1.54, 1.807) is 6.08 Å². The predicted octanol–water partition coefficient (Wildman–Crippen LogP) is 3.48. The molecule has 3 heteroatoms. The molecule has 21 heavy (non-hydrogen) atoms. The SMILES string of the molecule is CC(=O)OC1(Cc2ccccc2)C(=O)C=C(C)CC1(C)C. The van der Waals surface area contributed by atoms with Gasteiger partial charge < -0.3 is 4.74 Å². The number of allylic oxidation sites excluding steroid dienone is 1. The Morgan fingerprint density at radius 2 is 1.86 bits per heavy atom. The molecule has 1 aliphatic carbocycles. The molecule has 0 heterocycles. The standard InChI is InChI=1S/C18H22O3/c1-13-10-16(20)18(21-14(2)19,17(3,4)11-13)12-15-8-6-5-7-9-15/h5-10H,11-12H2,1-4H3. The van der Waals surface area contributed by atoms with Crippen LogP contribution in [0.1, 0.15) is 39.7 Å². The van der Waals surface area contributed by atoms with E-state index in [9.17, 15) is 9.59 Å². The minimum Gasteiger partial charge on any atom is -0.450 e. The molecule has 0 saturated heterocycles. The fraction of sp³-hybridized carbons (Fsp3) is 0.444. The van der Waals surface area contributed by atoms with E-state index in [1.165, 1.54) is 6.92 Å². The maximum Gasteiger partial charge on any atom is 0.303 e. The highest BCUT2D eigenvalue weighted by molar-refractivity contribution is 6.00. The second-order valence-electron chi connectivity index (χ2n) is 6.50. The third-order valence-electron chi connectivity index (χ3n) is 4.20. The van der Waals surface area contributed by atoms with Gasteiger partial charge in [0.25, 0.3) is 0 Å². The van der Waals surface area contributed by atoms with Crippen LogP contribution in [-0.4, -0.2) is 17.4 Å². The highest BCUT2D eigenvalue weighted by Gasteiger charge is 2.54. The molecular weight excluding hydrogens is 264 g/mol. The first-order valence-corrected chi connectivity index (χ1v) is 7.22. The van der Waals surface area contributed by atoms with Gasteiger partial charge in [0, 0.05) is 18.8 Å². The van der Waals surface area contributed by atoms with E-state index in [-0.39, 0.29) is 5.78 Å².